The minimum absolute atomic E-state index is 0.0499. The van der Waals surface area contributed by atoms with Gasteiger partial charge in [-0.2, -0.15) is 0 Å². The second-order valence-corrected chi connectivity index (χ2v) is 4.96. The molecule has 16 heavy (non-hydrogen) atoms. The molecule has 0 radical (unpaired) electrons. The van der Waals surface area contributed by atoms with Gasteiger partial charge in [0.1, 0.15) is 0 Å². The molecule has 4 nitrogen and oxygen atoms in total. The van der Waals surface area contributed by atoms with Gasteiger partial charge >= 0.3 is 11.9 Å². The fourth-order valence-electron chi connectivity index (χ4n) is 3.57. The van der Waals surface area contributed by atoms with Gasteiger partial charge in [-0.15, -0.1) is 0 Å². The molecule has 0 heterocycles. The second kappa shape index (κ2) is 2.75. The van der Waals surface area contributed by atoms with Gasteiger partial charge < -0.3 is 10.2 Å². The van der Waals surface area contributed by atoms with E-state index in [1.807, 2.05) is 6.08 Å². The SMILES string of the molecule is O=C(O)C1=C[C@@H]2[C@@H](C1)[C@@]1(C(=O)O)C=C[C@H]2C1. The monoisotopic (exact) mass is 220 g/mol. The van der Waals surface area contributed by atoms with E-state index in [0.29, 0.717) is 18.4 Å². The van der Waals surface area contributed by atoms with E-state index in [4.69, 9.17) is 5.11 Å². The molecular weight excluding hydrogens is 208 g/mol. The molecule has 4 atom stereocenters. The molecule has 0 aromatic heterocycles. The van der Waals surface area contributed by atoms with Crippen LogP contribution in [0.15, 0.2) is 23.8 Å². The first kappa shape index (κ1) is 9.63. The third kappa shape index (κ3) is 0.944. The van der Waals surface area contributed by atoms with Crippen molar-refractivity contribution in [3.8, 4) is 0 Å². The number of hydrogen-bond donors (Lipinski definition) is 2. The van der Waals surface area contributed by atoms with E-state index >= 15 is 0 Å². The number of aliphatic carboxylic acids is 2. The summed E-state index contributed by atoms with van der Waals surface area (Å²) in [6.07, 6.45) is 6.52. The van der Waals surface area contributed by atoms with Crippen molar-refractivity contribution in [2.75, 3.05) is 0 Å². The molecule has 0 aromatic rings. The highest BCUT2D eigenvalue weighted by Crippen LogP contribution is 2.61. The zero-order chi connectivity index (χ0) is 11.5. The Morgan fingerprint density at radius 2 is 2.12 bits per heavy atom. The minimum Gasteiger partial charge on any atom is -0.481 e. The van der Waals surface area contributed by atoms with Crippen LogP contribution in [0.2, 0.25) is 0 Å². The van der Waals surface area contributed by atoms with Crippen LogP contribution in [0.4, 0.5) is 0 Å². The van der Waals surface area contributed by atoms with Gasteiger partial charge in [0.25, 0.3) is 0 Å². The maximum atomic E-state index is 11.4. The van der Waals surface area contributed by atoms with Crippen molar-refractivity contribution in [1.29, 1.82) is 0 Å². The van der Waals surface area contributed by atoms with Gasteiger partial charge in [0.05, 0.1) is 5.41 Å². The van der Waals surface area contributed by atoms with E-state index in [9.17, 15) is 14.7 Å². The van der Waals surface area contributed by atoms with Crippen LogP contribution in [-0.2, 0) is 9.59 Å². The number of fused-ring (bicyclic) bond motifs is 5. The van der Waals surface area contributed by atoms with Crippen molar-refractivity contribution in [3.63, 3.8) is 0 Å². The van der Waals surface area contributed by atoms with Crippen LogP contribution in [0.1, 0.15) is 12.8 Å². The summed E-state index contributed by atoms with van der Waals surface area (Å²) >= 11 is 0. The molecule has 1 saturated carbocycles. The van der Waals surface area contributed by atoms with Crippen LogP contribution in [0.25, 0.3) is 0 Å². The molecule has 0 unspecified atom stereocenters. The van der Waals surface area contributed by atoms with Gasteiger partial charge in [-0.25, -0.2) is 4.79 Å². The Labute approximate surface area is 92.3 Å². The van der Waals surface area contributed by atoms with Crippen molar-refractivity contribution in [2.24, 2.45) is 23.2 Å². The summed E-state index contributed by atoms with van der Waals surface area (Å²) in [5, 5.41) is 18.3. The van der Waals surface area contributed by atoms with Crippen LogP contribution in [-0.4, -0.2) is 22.2 Å². The molecule has 3 rings (SSSR count). The lowest BCUT2D eigenvalue weighted by atomic mass is 9.74. The summed E-state index contributed by atoms with van der Waals surface area (Å²) in [6, 6.07) is 0. The lowest BCUT2D eigenvalue weighted by Gasteiger charge is -2.28. The van der Waals surface area contributed by atoms with Gasteiger partial charge in [-0.3, -0.25) is 4.79 Å². The third-order valence-corrected chi connectivity index (χ3v) is 4.34. The number of hydrogen-bond acceptors (Lipinski definition) is 2. The average Bonchev–Trinajstić information content (AvgIpc) is 2.88. The number of carboxylic acids is 2. The van der Waals surface area contributed by atoms with E-state index in [2.05, 4.69) is 0 Å². The third-order valence-electron chi connectivity index (χ3n) is 4.34. The summed E-state index contributed by atoms with van der Waals surface area (Å²) in [6.45, 7) is 0. The lowest BCUT2D eigenvalue weighted by Crippen LogP contribution is -2.33. The number of rotatable bonds is 2. The van der Waals surface area contributed by atoms with Gasteiger partial charge in [0.15, 0.2) is 0 Å². The highest BCUT2D eigenvalue weighted by Gasteiger charge is 2.60. The second-order valence-electron chi connectivity index (χ2n) is 4.96. The summed E-state index contributed by atoms with van der Waals surface area (Å²) in [7, 11) is 0. The van der Waals surface area contributed by atoms with Gasteiger partial charge in [-0.1, -0.05) is 18.2 Å². The van der Waals surface area contributed by atoms with Gasteiger partial charge in [-0.05, 0) is 30.6 Å². The van der Waals surface area contributed by atoms with E-state index < -0.39 is 17.4 Å². The van der Waals surface area contributed by atoms with Crippen LogP contribution in [0.5, 0.6) is 0 Å². The van der Waals surface area contributed by atoms with E-state index in [0.717, 1.165) is 0 Å². The molecule has 0 spiro atoms. The smallest absolute Gasteiger partial charge is 0.331 e. The fraction of sp³-hybridized carbons (Fsp3) is 0.500. The minimum atomic E-state index is -0.908. The standard InChI is InChI=1S/C12H12O4/c13-10(14)7-3-8-6-1-2-12(5-6,11(15)16)9(8)4-7/h1-3,6,8-9H,4-5H2,(H,13,14)(H,15,16)/t6-,8-,9+,12+/m0/s1. The first-order chi connectivity index (χ1) is 7.54. The van der Waals surface area contributed by atoms with Crippen molar-refractivity contribution in [1.82, 2.24) is 0 Å². The molecule has 84 valence electrons. The van der Waals surface area contributed by atoms with Gasteiger partial charge in [0.2, 0.25) is 0 Å². The molecule has 1 fully saturated rings. The molecule has 0 aliphatic heterocycles. The Hall–Kier alpha value is -1.58. The van der Waals surface area contributed by atoms with Crippen LogP contribution >= 0.6 is 0 Å². The first-order valence-corrected chi connectivity index (χ1v) is 5.41. The number of carboxylic acid groups (broad SMARTS) is 2. The molecular formula is C12H12O4. The Bertz CT molecular complexity index is 448. The van der Waals surface area contributed by atoms with Crippen LogP contribution < -0.4 is 0 Å². The molecule has 0 saturated heterocycles. The van der Waals surface area contributed by atoms with E-state index in [1.54, 1.807) is 12.2 Å². The Kier molecular flexibility index (Phi) is 1.66. The Morgan fingerprint density at radius 3 is 2.75 bits per heavy atom. The predicted molar refractivity (Wildman–Crippen MR) is 54.6 cm³/mol. The summed E-state index contributed by atoms with van der Waals surface area (Å²) < 4.78 is 0. The highest BCUT2D eigenvalue weighted by molar-refractivity contribution is 5.88. The Balaban J connectivity index is 1.99. The van der Waals surface area contributed by atoms with Crippen LogP contribution in [0.3, 0.4) is 0 Å². The van der Waals surface area contributed by atoms with Crippen molar-refractivity contribution >= 4 is 11.9 Å². The van der Waals surface area contributed by atoms with Crippen LogP contribution in [0, 0.1) is 23.2 Å². The summed E-state index contributed by atoms with van der Waals surface area (Å²) in [4.78, 5) is 22.3. The predicted octanol–water partition coefficient (Wildman–Crippen LogP) is 1.29. The molecule has 3 aliphatic rings. The maximum absolute atomic E-state index is 11.4. The largest absolute Gasteiger partial charge is 0.481 e. The summed E-state index contributed by atoms with van der Waals surface area (Å²) in [5.74, 6) is -1.43. The topological polar surface area (TPSA) is 74.6 Å². The molecule has 0 amide bonds. The molecule has 2 N–H and O–H groups in total. The zero-order valence-corrected chi connectivity index (χ0v) is 8.59. The van der Waals surface area contributed by atoms with E-state index in [1.165, 1.54) is 0 Å². The van der Waals surface area contributed by atoms with E-state index in [-0.39, 0.29) is 17.8 Å². The van der Waals surface area contributed by atoms with Crippen molar-refractivity contribution < 1.29 is 19.8 Å². The summed E-state index contributed by atoms with van der Waals surface area (Å²) in [5.41, 5.74) is -0.419. The Morgan fingerprint density at radius 1 is 1.38 bits per heavy atom. The zero-order valence-electron chi connectivity index (χ0n) is 8.59. The van der Waals surface area contributed by atoms with Gasteiger partial charge in [0, 0.05) is 5.57 Å². The quantitative estimate of drug-likeness (QED) is 0.688. The highest BCUT2D eigenvalue weighted by atomic mass is 16.4. The molecule has 4 heteroatoms. The number of allylic oxidation sites excluding steroid dienone is 2. The molecule has 3 aliphatic carbocycles. The van der Waals surface area contributed by atoms with Crippen molar-refractivity contribution in [3.05, 3.63) is 23.8 Å². The normalized spacial score (nSPS) is 43.2. The fourth-order valence-corrected chi connectivity index (χ4v) is 3.57. The first-order valence-electron chi connectivity index (χ1n) is 5.41. The molecule has 2 bridgehead atoms. The van der Waals surface area contributed by atoms with Crippen molar-refractivity contribution in [2.45, 2.75) is 12.8 Å². The molecule has 0 aromatic carbocycles. The maximum Gasteiger partial charge on any atom is 0.331 e. The number of carbonyl (C=O) groups is 2. The lowest BCUT2D eigenvalue weighted by molar-refractivity contribution is -0.148. The average molecular weight is 220 g/mol.